The molecule has 0 aliphatic heterocycles. The quantitative estimate of drug-likeness (QED) is 0.579. The van der Waals surface area contributed by atoms with Crippen LogP contribution in [-0.4, -0.2) is 19.4 Å². The average molecular weight is 308 g/mol. The lowest BCUT2D eigenvalue weighted by molar-refractivity contribution is 1.07. The number of aryl methyl sites for hydroxylation is 2. The lowest BCUT2D eigenvalue weighted by atomic mass is 10.2. The molecule has 0 bridgehead atoms. The largest absolute Gasteiger partial charge is 0.333 e. The Balaban J connectivity index is 1.58. The van der Waals surface area contributed by atoms with Gasteiger partial charge in [0.25, 0.3) is 0 Å². The van der Waals surface area contributed by atoms with Gasteiger partial charge in [0.2, 0.25) is 0 Å². The third-order valence-electron chi connectivity index (χ3n) is 3.70. The number of hydrogen-bond acceptors (Lipinski definition) is 3. The standard InChI is InChI=1S/C17H16N4S/c1-11-5-6-14-15(8-11)20-17(19-14)22-10-13-9-21-7-3-4-12(2)16(21)18-13/h3-9H,10H2,1-2H3,(H,19,20). The Morgan fingerprint density at radius 2 is 2.09 bits per heavy atom. The molecule has 1 aromatic carbocycles. The smallest absolute Gasteiger partial charge is 0.166 e. The van der Waals surface area contributed by atoms with E-state index < -0.39 is 0 Å². The zero-order valence-corrected chi connectivity index (χ0v) is 13.3. The second-order valence-electron chi connectivity index (χ2n) is 5.51. The maximum Gasteiger partial charge on any atom is 0.166 e. The summed E-state index contributed by atoms with van der Waals surface area (Å²) in [6.07, 6.45) is 4.12. The summed E-state index contributed by atoms with van der Waals surface area (Å²) >= 11 is 1.68. The second kappa shape index (κ2) is 5.18. The molecule has 4 aromatic rings. The fourth-order valence-electron chi connectivity index (χ4n) is 2.58. The zero-order valence-electron chi connectivity index (χ0n) is 12.5. The molecule has 0 amide bonds. The first kappa shape index (κ1) is 13.4. The van der Waals surface area contributed by atoms with E-state index in [1.165, 1.54) is 11.1 Å². The van der Waals surface area contributed by atoms with Crippen molar-refractivity contribution in [2.24, 2.45) is 0 Å². The summed E-state index contributed by atoms with van der Waals surface area (Å²) in [7, 11) is 0. The number of aromatic nitrogens is 4. The number of H-pyrrole nitrogens is 1. The van der Waals surface area contributed by atoms with E-state index in [2.05, 4.69) is 58.7 Å². The van der Waals surface area contributed by atoms with E-state index in [0.717, 1.165) is 33.3 Å². The highest BCUT2D eigenvalue weighted by Gasteiger charge is 2.07. The number of pyridine rings is 1. The van der Waals surface area contributed by atoms with E-state index >= 15 is 0 Å². The topological polar surface area (TPSA) is 46.0 Å². The molecule has 0 aliphatic carbocycles. The molecule has 0 fully saturated rings. The predicted molar refractivity (Wildman–Crippen MR) is 90.3 cm³/mol. The van der Waals surface area contributed by atoms with Crippen LogP contribution < -0.4 is 0 Å². The fraction of sp³-hybridized carbons (Fsp3) is 0.176. The first-order valence-corrected chi connectivity index (χ1v) is 8.20. The van der Waals surface area contributed by atoms with Gasteiger partial charge in [-0.15, -0.1) is 0 Å². The maximum absolute atomic E-state index is 4.70. The second-order valence-corrected chi connectivity index (χ2v) is 6.47. The summed E-state index contributed by atoms with van der Waals surface area (Å²) in [5.41, 5.74) is 6.63. The number of imidazole rings is 2. The molecule has 4 rings (SSSR count). The Morgan fingerprint density at radius 1 is 1.18 bits per heavy atom. The van der Waals surface area contributed by atoms with Crippen molar-refractivity contribution in [1.82, 2.24) is 19.4 Å². The van der Waals surface area contributed by atoms with Crippen molar-refractivity contribution in [3.05, 3.63) is 59.5 Å². The van der Waals surface area contributed by atoms with Crippen LogP contribution in [0.4, 0.5) is 0 Å². The monoisotopic (exact) mass is 308 g/mol. The van der Waals surface area contributed by atoms with Gasteiger partial charge in [0.1, 0.15) is 5.65 Å². The minimum atomic E-state index is 0.805. The summed E-state index contributed by atoms with van der Waals surface area (Å²) in [6.45, 7) is 4.17. The van der Waals surface area contributed by atoms with Gasteiger partial charge in [-0.3, -0.25) is 0 Å². The number of nitrogens with one attached hydrogen (secondary N) is 1. The molecule has 0 saturated carbocycles. The van der Waals surface area contributed by atoms with Crippen LogP contribution in [0.5, 0.6) is 0 Å². The summed E-state index contributed by atoms with van der Waals surface area (Å²) in [5, 5.41) is 0.939. The van der Waals surface area contributed by atoms with Crippen LogP contribution in [0, 0.1) is 13.8 Å². The highest BCUT2D eigenvalue weighted by molar-refractivity contribution is 7.98. The highest BCUT2D eigenvalue weighted by atomic mass is 32.2. The molecule has 0 radical (unpaired) electrons. The summed E-state index contributed by atoms with van der Waals surface area (Å²) in [5.74, 6) is 0.805. The Bertz CT molecular complexity index is 967. The first-order chi connectivity index (χ1) is 10.7. The Labute approximate surface area is 132 Å². The Kier molecular flexibility index (Phi) is 3.15. The molecule has 0 atom stereocenters. The minimum Gasteiger partial charge on any atom is -0.333 e. The predicted octanol–water partition coefficient (Wildman–Crippen LogP) is 4.12. The molecule has 0 saturated heterocycles. The van der Waals surface area contributed by atoms with E-state index in [1.54, 1.807) is 11.8 Å². The normalized spacial score (nSPS) is 11.5. The zero-order chi connectivity index (χ0) is 15.1. The Hall–Kier alpha value is -2.27. The number of benzene rings is 1. The highest BCUT2D eigenvalue weighted by Crippen LogP contribution is 2.23. The number of fused-ring (bicyclic) bond motifs is 2. The summed E-state index contributed by atoms with van der Waals surface area (Å²) in [6, 6.07) is 10.4. The Morgan fingerprint density at radius 3 is 2.95 bits per heavy atom. The van der Waals surface area contributed by atoms with E-state index in [-0.39, 0.29) is 0 Å². The maximum atomic E-state index is 4.70. The molecule has 0 spiro atoms. The van der Waals surface area contributed by atoms with E-state index in [0.29, 0.717) is 0 Å². The first-order valence-electron chi connectivity index (χ1n) is 7.21. The molecule has 1 N–H and O–H groups in total. The molecule has 0 unspecified atom stereocenters. The van der Waals surface area contributed by atoms with E-state index in [9.17, 15) is 0 Å². The van der Waals surface area contributed by atoms with Gasteiger partial charge in [0.15, 0.2) is 5.16 Å². The third-order valence-corrected chi connectivity index (χ3v) is 4.61. The number of nitrogens with zero attached hydrogens (tertiary/aromatic N) is 3. The molecule has 3 aromatic heterocycles. The molecule has 22 heavy (non-hydrogen) atoms. The van der Waals surface area contributed by atoms with Gasteiger partial charge >= 0.3 is 0 Å². The average Bonchev–Trinajstić information content (AvgIpc) is 3.08. The molecule has 5 heteroatoms. The minimum absolute atomic E-state index is 0.805. The van der Waals surface area contributed by atoms with Crippen molar-refractivity contribution >= 4 is 28.4 Å². The lowest BCUT2D eigenvalue weighted by Gasteiger charge is -1.94. The molecule has 3 heterocycles. The summed E-state index contributed by atoms with van der Waals surface area (Å²) in [4.78, 5) is 12.7. The van der Waals surface area contributed by atoms with E-state index in [4.69, 9.17) is 4.98 Å². The molecule has 4 nitrogen and oxygen atoms in total. The molecule has 110 valence electrons. The van der Waals surface area contributed by atoms with Crippen LogP contribution in [0.15, 0.2) is 47.9 Å². The van der Waals surface area contributed by atoms with Crippen LogP contribution in [-0.2, 0) is 5.75 Å². The van der Waals surface area contributed by atoms with Crippen LogP contribution >= 0.6 is 11.8 Å². The third kappa shape index (κ3) is 2.37. The number of aromatic amines is 1. The molecular formula is C17H16N4S. The van der Waals surface area contributed by atoms with Crippen molar-refractivity contribution < 1.29 is 0 Å². The van der Waals surface area contributed by atoms with E-state index in [1.807, 2.05) is 12.3 Å². The van der Waals surface area contributed by atoms with Crippen molar-refractivity contribution in [1.29, 1.82) is 0 Å². The van der Waals surface area contributed by atoms with Gasteiger partial charge < -0.3 is 9.38 Å². The van der Waals surface area contributed by atoms with Gasteiger partial charge in [0, 0.05) is 18.1 Å². The molecule has 0 aliphatic rings. The van der Waals surface area contributed by atoms with Gasteiger partial charge in [-0.2, -0.15) is 0 Å². The van der Waals surface area contributed by atoms with Gasteiger partial charge in [-0.25, -0.2) is 9.97 Å². The number of hydrogen-bond donors (Lipinski definition) is 1. The molecular weight excluding hydrogens is 292 g/mol. The number of rotatable bonds is 3. The van der Waals surface area contributed by atoms with Crippen molar-refractivity contribution in [3.63, 3.8) is 0 Å². The van der Waals surface area contributed by atoms with Gasteiger partial charge in [-0.1, -0.05) is 23.9 Å². The van der Waals surface area contributed by atoms with Crippen LogP contribution in [0.25, 0.3) is 16.7 Å². The van der Waals surface area contributed by atoms with Crippen molar-refractivity contribution in [2.45, 2.75) is 24.8 Å². The summed E-state index contributed by atoms with van der Waals surface area (Å²) < 4.78 is 2.08. The lowest BCUT2D eigenvalue weighted by Crippen LogP contribution is -1.84. The fourth-order valence-corrected chi connectivity index (χ4v) is 3.35. The van der Waals surface area contributed by atoms with Crippen molar-refractivity contribution in [2.75, 3.05) is 0 Å². The van der Waals surface area contributed by atoms with Crippen molar-refractivity contribution in [3.8, 4) is 0 Å². The van der Waals surface area contributed by atoms with Crippen LogP contribution in [0.1, 0.15) is 16.8 Å². The van der Waals surface area contributed by atoms with Crippen LogP contribution in [0.3, 0.4) is 0 Å². The number of thioether (sulfide) groups is 1. The van der Waals surface area contributed by atoms with Gasteiger partial charge in [-0.05, 0) is 43.2 Å². The SMILES string of the molecule is Cc1ccc2nc(SCc3cn4cccc(C)c4n3)[nH]c2c1. The van der Waals surface area contributed by atoms with Crippen LogP contribution in [0.2, 0.25) is 0 Å². The van der Waals surface area contributed by atoms with Gasteiger partial charge in [0.05, 0.1) is 16.7 Å².